The van der Waals surface area contributed by atoms with Gasteiger partial charge < -0.3 is 5.32 Å². The van der Waals surface area contributed by atoms with E-state index < -0.39 is 0 Å². The number of nitrogens with one attached hydrogen (secondary N) is 1. The first-order valence-corrected chi connectivity index (χ1v) is 6.45. The van der Waals surface area contributed by atoms with Crippen molar-refractivity contribution in [1.82, 2.24) is 9.97 Å². The maximum absolute atomic E-state index is 12.2. The van der Waals surface area contributed by atoms with Crippen LogP contribution in [0.3, 0.4) is 0 Å². The molecule has 1 heterocycles. The van der Waals surface area contributed by atoms with E-state index in [0.29, 0.717) is 11.0 Å². The summed E-state index contributed by atoms with van der Waals surface area (Å²) in [6.45, 7) is 0. The molecule has 1 aliphatic carbocycles. The van der Waals surface area contributed by atoms with Gasteiger partial charge in [-0.1, -0.05) is 35.9 Å². The van der Waals surface area contributed by atoms with Crippen LogP contribution in [0, 0.1) is 5.92 Å². The summed E-state index contributed by atoms with van der Waals surface area (Å²) in [7, 11) is 0. The van der Waals surface area contributed by atoms with Crippen LogP contribution in [0.25, 0.3) is 0 Å². The molecule has 0 fully saturated rings. The zero-order chi connectivity index (χ0) is 13.2. The second kappa shape index (κ2) is 4.97. The van der Waals surface area contributed by atoms with Crippen molar-refractivity contribution in [2.75, 3.05) is 5.32 Å². The lowest BCUT2D eigenvalue weighted by atomic mass is 10.1. The van der Waals surface area contributed by atoms with Crippen molar-refractivity contribution in [3.63, 3.8) is 0 Å². The summed E-state index contributed by atoms with van der Waals surface area (Å²) in [5.74, 6) is 0.382. The summed E-state index contributed by atoms with van der Waals surface area (Å²) in [5.41, 5.74) is 2.51. The van der Waals surface area contributed by atoms with E-state index in [4.69, 9.17) is 11.6 Å². The summed E-state index contributed by atoms with van der Waals surface area (Å²) in [4.78, 5) is 20.1. The first-order valence-electron chi connectivity index (χ1n) is 6.07. The van der Waals surface area contributed by atoms with E-state index >= 15 is 0 Å². The Morgan fingerprint density at radius 3 is 2.42 bits per heavy atom. The van der Waals surface area contributed by atoms with Crippen LogP contribution in [0.15, 0.2) is 36.7 Å². The minimum absolute atomic E-state index is 0.0205. The number of hydrogen-bond donors (Lipinski definition) is 1. The molecule has 1 amide bonds. The molecule has 3 rings (SSSR count). The zero-order valence-electron chi connectivity index (χ0n) is 10.1. The average Bonchev–Trinajstić information content (AvgIpc) is 2.85. The van der Waals surface area contributed by atoms with Gasteiger partial charge in [-0.05, 0) is 24.0 Å². The van der Waals surface area contributed by atoms with Gasteiger partial charge in [0.25, 0.3) is 0 Å². The highest BCUT2D eigenvalue weighted by molar-refractivity contribution is 6.29. The van der Waals surface area contributed by atoms with Crippen LogP contribution < -0.4 is 5.32 Å². The third-order valence-corrected chi connectivity index (χ3v) is 3.49. The summed E-state index contributed by atoms with van der Waals surface area (Å²) < 4.78 is 0. The van der Waals surface area contributed by atoms with Gasteiger partial charge in [-0.3, -0.25) is 4.79 Å². The molecule has 96 valence electrons. The van der Waals surface area contributed by atoms with Crippen LogP contribution in [0.5, 0.6) is 0 Å². The Hall–Kier alpha value is -1.94. The third-order valence-electron chi connectivity index (χ3n) is 3.29. The molecule has 0 aliphatic heterocycles. The molecule has 1 aliphatic rings. The fourth-order valence-electron chi connectivity index (χ4n) is 2.35. The van der Waals surface area contributed by atoms with E-state index in [2.05, 4.69) is 27.4 Å². The van der Waals surface area contributed by atoms with Crippen LogP contribution in [0.4, 0.5) is 5.82 Å². The predicted octanol–water partition coefficient (Wildman–Crippen LogP) is 2.48. The maximum atomic E-state index is 12.2. The summed E-state index contributed by atoms with van der Waals surface area (Å²) >= 11 is 5.65. The Labute approximate surface area is 115 Å². The first-order chi connectivity index (χ1) is 9.22. The molecule has 1 N–H and O–H groups in total. The largest absolute Gasteiger partial charge is 0.309 e. The number of carbonyl (C=O) groups excluding carboxylic acids is 1. The molecule has 1 aromatic carbocycles. The van der Waals surface area contributed by atoms with Crippen LogP contribution in [0.1, 0.15) is 11.1 Å². The SMILES string of the molecule is O=C(Nc1cnc(Cl)cn1)C1Cc2ccccc2C1. The second-order valence-electron chi connectivity index (χ2n) is 4.59. The van der Waals surface area contributed by atoms with Gasteiger partial charge >= 0.3 is 0 Å². The summed E-state index contributed by atoms with van der Waals surface area (Å²) in [6, 6.07) is 8.16. The number of rotatable bonds is 2. The molecular formula is C14H12ClN3O. The van der Waals surface area contributed by atoms with E-state index in [-0.39, 0.29) is 11.8 Å². The number of benzene rings is 1. The molecule has 4 nitrogen and oxygen atoms in total. The Morgan fingerprint density at radius 1 is 1.16 bits per heavy atom. The number of anilines is 1. The maximum Gasteiger partial charge on any atom is 0.229 e. The van der Waals surface area contributed by atoms with Gasteiger partial charge in [0.1, 0.15) is 5.15 Å². The average molecular weight is 274 g/mol. The highest BCUT2D eigenvalue weighted by Gasteiger charge is 2.27. The van der Waals surface area contributed by atoms with Crippen molar-refractivity contribution in [1.29, 1.82) is 0 Å². The number of fused-ring (bicyclic) bond motifs is 1. The van der Waals surface area contributed by atoms with Crippen LogP contribution >= 0.6 is 11.6 Å². The van der Waals surface area contributed by atoms with E-state index in [1.54, 1.807) is 0 Å². The minimum atomic E-state index is -0.0325. The number of hydrogen-bond acceptors (Lipinski definition) is 3. The molecular weight excluding hydrogens is 262 g/mol. The van der Waals surface area contributed by atoms with Crippen molar-refractivity contribution in [3.8, 4) is 0 Å². The Morgan fingerprint density at radius 2 is 1.84 bits per heavy atom. The first kappa shape index (κ1) is 12.1. The van der Waals surface area contributed by atoms with Crippen LogP contribution in [-0.2, 0) is 17.6 Å². The number of halogens is 1. The lowest BCUT2D eigenvalue weighted by molar-refractivity contribution is -0.119. The fraction of sp³-hybridized carbons (Fsp3) is 0.214. The monoisotopic (exact) mass is 273 g/mol. The van der Waals surface area contributed by atoms with E-state index in [9.17, 15) is 4.79 Å². The third kappa shape index (κ3) is 2.58. The van der Waals surface area contributed by atoms with Gasteiger partial charge in [-0.25, -0.2) is 9.97 Å². The smallest absolute Gasteiger partial charge is 0.229 e. The van der Waals surface area contributed by atoms with Gasteiger partial charge in [0.15, 0.2) is 5.82 Å². The molecule has 0 atom stereocenters. The highest BCUT2D eigenvalue weighted by Crippen LogP contribution is 2.27. The fourth-order valence-corrected chi connectivity index (χ4v) is 2.45. The summed E-state index contributed by atoms with van der Waals surface area (Å²) in [6.07, 6.45) is 4.44. The van der Waals surface area contributed by atoms with Gasteiger partial charge in [-0.2, -0.15) is 0 Å². The molecule has 5 heteroatoms. The standard InChI is InChI=1S/C14H12ClN3O/c15-12-7-17-13(8-16-12)18-14(19)11-5-9-3-1-2-4-10(9)6-11/h1-4,7-8,11H,5-6H2,(H,17,18,19). The quantitative estimate of drug-likeness (QED) is 0.915. The highest BCUT2D eigenvalue weighted by atomic mass is 35.5. The number of aromatic nitrogens is 2. The van der Waals surface area contributed by atoms with Crippen molar-refractivity contribution in [2.45, 2.75) is 12.8 Å². The van der Waals surface area contributed by atoms with Crippen LogP contribution in [-0.4, -0.2) is 15.9 Å². The molecule has 19 heavy (non-hydrogen) atoms. The summed E-state index contributed by atoms with van der Waals surface area (Å²) in [5, 5.41) is 3.09. The number of amides is 1. The molecule has 0 bridgehead atoms. The normalized spacial score (nSPS) is 14.2. The Kier molecular flexibility index (Phi) is 3.17. The molecule has 2 aromatic rings. The Balaban J connectivity index is 1.68. The minimum Gasteiger partial charge on any atom is -0.309 e. The molecule has 0 saturated heterocycles. The lowest BCUT2D eigenvalue weighted by Gasteiger charge is -2.09. The van der Waals surface area contributed by atoms with Crippen molar-refractivity contribution in [3.05, 3.63) is 52.9 Å². The zero-order valence-corrected chi connectivity index (χ0v) is 10.9. The van der Waals surface area contributed by atoms with E-state index in [1.807, 2.05) is 12.1 Å². The molecule has 0 spiro atoms. The second-order valence-corrected chi connectivity index (χ2v) is 4.97. The molecule has 0 unspecified atom stereocenters. The molecule has 0 radical (unpaired) electrons. The molecule has 0 saturated carbocycles. The Bertz CT molecular complexity index is 587. The van der Waals surface area contributed by atoms with E-state index in [0.717, 1.165) is 12.8 Å². The van der Waals surface area contributed by atoms with Gasteiger partial charge in [0, 0.05) is 5.92 Å². The van der Waals surface area contributed by atoms with E-state index in [1.165, 1.54) is 23.5 Å². The van der Waals surface area contributed by atoms with Gasteiger partial charge in [0.2, 0.25) is 5.91 Å². The van der Waals surface area contributed by atoms with Crippen LogP contribution in [0.2, 0.25) is 5.15 Å². The number of carbonyl (C=O) groups is 1. The predicted molar refractivity (Wildman–Crippen MR) is 73.0 cm³/mol. The lowest BCUT2D eigenvalue weighted by Crippen LogP contribution is -2.23. The van der Waals surface area contributed by atoms with Gasteiger partial charge in [0.05, 0.1) is 12.4 Å². The van der Waals surface area contributed by atoms with Crippen molar-refractivity contribution >= 4 is 23.3 Å². The van der Waals surface area contributed by atoms with Crippen molar-refractivity contribution in [2.24, 2.45) is 5.92 Å². The van der Waals surface area contributed by atoms with Gasteiger partial charge in [-0.15, -0.1) is 0 Å². The topological polar surface area (TPSA) is 54.9 Å². The molecule has 1 aromatic heterocycles. The number of nitrogens with zero attached hydrogens (tertiary/aromatic N) is 2. The van der Waals surface area contributed by atoms with Crippen molar-refractivity contribution < 1.29 is 4.79 Å².